The molecule has 0 aromatic heterocycles. The van der Waals surface area contributed by atoms with Crippen LogP contribution < -0.4 is 15.4 Å². The van der Waals surface area contributed by atoms with E-state index < -0.39 is 0 Å². The van der Waals surface area contributed by atoms with Crippen LogP contribution in [0.15, 0.2) is 48.5 Å². The Balaban J connectivity index is 1.64. The zero-order valence-corrected chi connectivity index (χ0v) is 18.7. The molecule has 6 heteroatoms. The summed E-state index contributed by atoms with van der Waals surface area (Å²) >= 11 is 0. The quantitative estimate of drug-likeness (QED) is 0.697. The molecule has 0 aliphatic carbocycles. The maximum atomic E-state index is 12.8. The first-order valence-corrected chi connectivity index (χ1v) is 11.1. The van der Waals surface area contributed by atoms with Crippen molar-refractivity contribution in [2.24, 2.45) is 0 Å². The van der Waals surface area contributed by atoms with Gasteiger partial charge in [-0.3, -0.25) is 4.79 Å². The minimum absolute atomic E-state index is 0.0124. The summed E-state index contributed by atoms with van der Waals surface area (Å²) < 4.78 is 5.64. The second-order valence-electron chi connectivity index (χ2n) is 8.24. The SMILES string of the molecule is CCOc1ccccc1CNC(=O)c1cccc(C2CCCN(C(=O)NC(C)C)C2)c1. The van der Waals surface area contributed by atoms with E-state index in [9.17, 15) is 9.59 Å². The Bertz CT molecular complexity index is 897. The van der Waals surface area contributed by atoms with Gasteiger partial charge in [-0.2, -0.15) is 0 Å². The molecule has 1 fully saturated rings. The smallest absolute Gasteiger partial charge is 0.317 e. The van der Waals surface area contributed by atoms with Crippen LogP contribution >= 0.6 is 0 Å². The number of nitrogens with one attached hydrogen (secondary N) is 2. The maximum absolute atomic E-state index is 12.8. The topological polar surface area (TPSA) is 70.7 Å². The number of nitrogens with zero attached hydrogens (tertiary/aromatic N) is 1. The minimum atomic E-state index is -0.113. The van der Waals surface area contributed by atoms with E-state index in [2.05, 4.69) is 16.7 Å². The van der Waals surface area contributed by atoms with Crippen LogP contribution in [0.1, 0.15) is 61.0 Å². The van der Waals surface area contributed by atoms with E-state index in [0.717, 1.165) is 36.3 Å². The van der Waals surface area contributed by atoms with Crippen molar-refractivity contribution in [3.8, 4) is 5.75 Å². The summed E-state index contributed by atoms with van der Waals surface area (Å²) in [6.07, 6.45) is 1.97. The Hall–Kier alpha value is -3.02. The molecule has 1 unspecified atom stereocenters. The summed E-state index contributed by atoms with van der Waals surface area (Å²) in [5.74, 6) is 0.914. The Labute approximate surface area is 185 Å². The molecule has 166 valence electrons. The van der Waals surface area contributed by atoms with Crippen LogP contribution in [0.4, 0.5) is 4.79 Å². The largest absolute Gasteiger partial charge is 0.494 e. The van der Waals surface area contributed by atoms with E-state index in [1.807, 2.05) is 68.1 Å². The lowest BCUT2D eigenvalue weighted by Gasteiger charge is -2.33. The van der Waals surface area contributed by atoms with E-state index in [-0.39, 0.29) is 23.9 Å². The number of benzene rings is 2. The van der Waals surface area contributed by atoms with Gasteiger partial charge in [-0.25, -0.2) is 4.79 Å². The van der Waals surface area contributed by atoms with E-state index in [4.69, 9.17) is 4.74 Å². The molecular formula is C25H33N3O3. The highest BCUT2D eigenvalue weighted by atomic mass is 16.5. The first kappa shape index (κ1) is 22.7. The van der Waals surface area contributed by atoms with Gasteiger partial charge in [0.2, 0.25) is 0 Å². The van der Waals surface area contributed by atoms with Crippen molar-refractivity contribution >= 4 is 11.9 Å². The molecule has 1 aliphatic rings. The molecule has 6 nitrogen and oxygen atoms in total. The highest BCUT2D eigenvalue weighted by Gasteiger charge is 2.25. The molecular weight excluding hydrogens is 390 g/mol. The fourth-order valence-corrected chi connectivity index (χ4v) is 3.93. The van der Waals surface area contributed by atoms with Crippen LogP contribution in [0.5, 0.6) is 5.75 Å². The van der Waals surface area contributed by atoms with Gasteiger partial charge in [0.25, 0.3) is 5.91 Å². The number of hydrogen-bond acceptors (Lipinski definition) is 3. The second-order valence-corrected chi connectivity index (χ2v) is 8.24. The molecule has 0 spiro atoms. The zero-order valence-electron chi connectivity index (χ0n) is 18.7. The van der Waals surface area contributed by atoms with Gasteiger partial charge in [0.1, 0.15) is 5.75 Å². The van der Waals surface area contributed by atoms with Crippen LogP contribution in [0.25, 0.3) is 0 Å². The number of carbonyl (C=O) groups excluding carboxylic acids is 2. The average molecular weight is 424 g/mol. The number of rotatable bonds is 7. The predicted octanol–water partition coefficient (Wildman–Crippen LogP) is 4.31. The molecule has 31 heavy (non-hydrogen) atoms. The highest BCUT2D eigenvalue weighted by Crippen LogP contribution is 2.27. The normalized spacial score (nSPS) is 16.1. The minimum Gasteiger partial charge on any atom is -0.494 e. The van der Waals surface area contributed by atoms with Gasteiger partial charge in [0.05, 0.1) is 6.61 Å². The number of ether oxygens (including phenoxy) is 1. The van der Waals surface area contributed by atoms with Gasteiger partial charge in [-0.15, -0.1) is 0 Å². The number of piperidine rings is 1. The number of carbonyl (C=O) groups is 2. The Morgan fingerprint density at radius 2 is 1.97 bits per heavy atom. The summed E-state index contributed by atoms with van der Waals surface area (Å²) in [5, 5.41) is 5.97. The molecule has 2 aromatic rings. The number of amides is 3. The van der Waals surface area contributed by atoms with Gasteiger partial charge >= 0.3 is 6.03 Å². The van der Waals surface area contributed by atoms with Crippen molar-refractivity contribution in [1.29, 1.82) is 0 Å². The summed E-state index contributed by atoms with van der Waals surface area (Å²) in [5.41, 5.74) is 2.69. The molecule has 2 aromatic carbocycles. The zero-order chi connectivity index (χ0) is 22.2. The van der Waals surface area contributed by atoms with Crippen molar-refractivity contribution in [2.45, 2.75) is 52.1 Å². The lowest BCUT2D eigenvalue weighted by Crippen LogP contribution is -2.47. The summed E-state index contributed by atoms with van der Waals surface area (Å²) in [6, 6.07) is 15.6. The van der Waals surface area contributed by atoms with Crippen molar-refractivity contribution in [2.75, 3.05) is 19.7 Å². The third-order valence-corrected chi connectivity index (χ3v) is 5.45. The fourth-order valence-electron chi connectivity index (χ4n) is 3.93. The first-order valence-electron chi connectivity index (χ1n) is 11.1. The van der Waals surface area contributed by atoms with E-state index in [0.29, 0.717) is 25.3 Å². The van der Waals surface area contributed by atoms with E-state index >= 15 is 0 Å². The number of para-hydroxylation sites is 1. The molecule has 3 amide bonds. The first-order chi connectivity index (χ1) is 15.0. The van der Waals surface area contributed by atoms with Crippen molar-refractivity contribution in [3.63, 3.8) is 0 Å². The predicted molar refractivity (Wildman–Crippen MR) is 122 cm³/mol. The third kappa shape index (κ3) is 6.23. The molecule has 1 heterocycles. The monoisotopic (exact) mass is 423 g/mol. The molecule has 1 saturated heterocycles. The molecule has 0 saturated carbocycles. The number of likely N-dealkylation sites (tertiary alicyclic amines) is 1. The van der Waals surface area contributed by atoms with E-state index in [1.54, 1.807) is 0 Å². The Morgan fingerprint density at radius 3 is 2.74 bits per heavy atom. The molecule has 1 atom stereocenters. The Morgan fingerprint density at radius 1 is 1.16 bits per heavy atom. The highest BCUT2D eigenvalue weighted by molar-refractivity contribution is 5.94. The third-order valence-electron chi connectivity index (χ3n) is 5.45. The molecule has 2 N–H and O–H groups in total. The van der Waals surface area contributed by atoms with Gasteiger partial charge in [-0.05, 0) is 57.4 Å². The second kappa shape index (κ2) is 10.8. The molecule has 0 bridgehead atoms. The Kier molecular flexibility index (Phi) is 7.93. The van der Waals surface area contributed by atoms with Crippen molar-refractivity contribution in [1.82, 2.24) is 15.5 Å². The van der Waals surface area contributed by atoms with Gasteiger partial charge in [0, 0.05) is 42.7 Å². The van der Waals surface area contributed by atoms with Gasteiger partial charge < -0.3 is 20.3 Å². The lowest BCUT2D eigenvalue weighted by atomic mass is 9.89. The summed E-state index contributed by atoms with van der Waals surface area (Å²) in [6.45, 7) is 8.31. The van der Waals surface area contributed by atoms with Crippen LogP contribution in [0.3, 0.4) is 0 Å². The maximum Gasteiger partial charge on any atom is 0.317 e. The van der Waals surface area contributed by atoms with Crippen LogP contribution in [-0.4, -0.2) is 42.6 Å². The molecule has 3 rings (SSSR count). The van der Waals surface area contributed by atoms with Crippen molar-refractivity contribution < 1.29 is 14.3 Å². The van der Waals surface area contributed by atoms with Crippen LogP contribution in [0.2, 0.25) is 0 Å². The number of hydrogen-bond donors (Lipinski definition) is 2. The van der Waals surface area contributed by atoms with Crippen LogP contribution in [-0.2, 0) is 6.54 Å². The fraction of sp³-hybridized carbons (Fsp3) is 0.440. The van der Waals surface area contributed by atoms with Crippen LogP contribution in [0, 0.1) is 0 Å². The van der Waals surface area contributed by atoms with Crippen molar-refractivity contribution in [3.05, 3.63) is 65.2 Å². The number of urea groups is 1. The lowest BCUT2D eigenvalue weighted by molar-refractivity contribution is 0.0950. The summed E-state index contributed by atoms with van der Waals surface area (Å²) in [4.78, 5) is 27.1. The molecule has 0 radical (unpaired) electrons. The summed E-state index contributed by atoms with van der Waals surface area (Å²) in [7, 11) is 0. The van der Waals surface area contributed by atoms with Gasteiger partial charge in [-0.1, -0.05) is 30.3 Å². The standard InChI is InChI=1S/C25H33N3O3/c1-4-31-23-13-6-5-9-21(23)16-26-24(29)20-11-7-10-19(15-20)22-12-8-14-28(17-22)25(30)27-18(2)3/h5-7,9-11,13,15,18,22H,4,8,12,14,16-17H2,1-3H3,(H,26,29)(H,27,30). The van der Waals surface area contributed by atoms with Gasteiger partial charge in [0.15, 0.2) is 0 Å². The van der Waals surface area contributed by atoms with E-state index in [1.165, 1.54) is 0 Å². The average Bonchev–Trinajstić information content (AvgIpc) is 2.78. The molecule has 1 aliphatic heterocycles.